The molecule has 3 aromatic rings. The van der Waals surface area contributed by atoms with Gasteiger partial charge >= 0.3 is 0 Å². The predicted molar refractivity (Wildman–Crippen MR) is 90.1 cm³/mol. The summed E-state index contributed by atoms with van der Waals surface area (Å²) >= 11 is 6.03. The number of H-pyrrole nitrogens is 1. The van der Waals surface area contributed by atoms with Gasteiger partial charge in [0.1, 0.15) is 5.75 Å². The third-order valence-corrected chi connectivity index (χ3v) is 4.39. The Labute approximate surface area is 138 Å². The molecule has 0 unspecified atom stereocenters. The van der Waals surface area contributed by atoms with Crippen LogP contribution in [0.2, 0.25) is 5.02 Å². The number of aromatic amines is 1. The van der Waals surface area contributed by atoms with Gasteiger partial charge in [0.05, 0.1) is 11.3 Å². The average Bonchev–Trinajstić information content (AvgIpc) is 2.89. The van der Waals surface area contributed by atoms with Crippen molar-refractivity contribution in [2.24, 2.45) is 0 Å². The highest BCUT2D eigenvalue weighted by atomic mass is 35.5. The minimum atomic E-state index is -0.0881. The van der Waals surface area contributed by atoms with Gasteiger partial charge in [0.15, 0.2) is 0 Å². The van der Waals surface area contributed by atoms with Crippen molar-refractivity contribution >= 4 is 11.6 Å². The largest absolute Gasteiger partial charge is 0.439 e. The molecular weight excluding hydrogens is 312 g/mol. The highest BCUT2D eigenvalue weighted by molar-refractivity contribution is 6.30. The molecule has 116 valence electrons. The fourth-order valence-electron chi connectivity index (χ4n) is 2.84. The smallest absolute Gasteiger partial charge is 0.278 e. The van der Waals surface area contributed by atoms with E-state index in [-0.39, 0.29) is 5.56 Å². The summed E-state index contributed by atoms with van der Waals surface area (Å²) in [5, 5.41) is 3.70. The van der Waals surface area contributed by atoms with Crippen LogP contribution >= 0.6 is 11.6 Å². The summed E-state index contributed by atoms with van der Waals surface area (Å²) in [5.74, 6) is 1.24. The molecule has 0 saturated carbocycles. The SMILES string of the molecule is CCc1ccc(-n2[nH]c3c(c2=O)Cc2cc(Cl)ccc2O3)cc1. The minimum Gasteiger partial charge on any atom is -0.439 e. The Bertz CT molecular complexity index is 939. The molecule has 2 heterocycles. The first kappa shape index (κ1) is 14.2. The van der Waals surface area contributed by atoms with Crippen LogP contribution in [0, 0.1) is 0 Å². The van der Waals surface area contributed by atoms with Crippen LogP contribution < -0.4 is 10.3 Å². The van der Waals surface area contributed by atoms with Crippen molar-refractivity contribution in [2.45, 2.75) is 19.8 Å². The lowest BCUT2D eigenvalue weighted by molar-refractivity contribution is 0.438. The number of fused-ring (bicyclic) bond motifs is 2. The summed E-state index contributed by atoms with van der Waals surface area (Å²) in [6.07, 6.45) is 1.48. The quantitative estimate of drug-likeness (QED) is 0.603. The second-order valence-electron chi connectivity index (χ2n) is 5.61. The van der Waals surface area contributed by atoms with Crippen LogP contribution in [0.5, 0.6) is 11.6 Å². The molecule has 0 bridgehead atoms. The first-order valence-corrected chi connectivity index (χ1v) is 7.93. The average molecular weight is 327 g/mol. The van der Waals surface area contributed by atoms with Crippen molar-refractivity contribution in [3.05, 3.63) is 74.5 Å². The van der Waals surface area contributed by atoms with Gasteiger partial charge in [-0.25, -0.2) is 4.68 Å². The van der Waals surface area contributed by atoms with Crippen LogP contribution in [0.15, 0.2) is 47.3 Å². The summed E-state index contributed by atoms with van der Waals surface area (Å²) in [4.78, 5) is 12.7. The van der Waals surface area contributed by atoms with Gasteiger partial charge in [0.25, 0.3) is 5.56 Å². The lowest BCUT2D eigenvalue weighted by atomic mass is 10.0. The summed E-state index contributed by atoms with van der Waals surface area (Å²) in [7, 11) is 0. The van der Waals surface area contributed by atoms with E-state index in [2.05, 4.69) is 12.0 Å². The molecule has 1 aromatic heterocycles. The van der Waals surface area contributed by atoms with Crippen LogP contribution in [0.25, 0.3) is 5.69 Å². The van der Waals surface area contributed by atoms with E-state index in [4.69, 9.17) is 16.3 Å². The third kappa shape index (κ3) is 2.35. The monoisotopic (exact) mass is 326 g/mol. The number of hydrogen-bond donors (Lipinski definition) is 1. The Morgan fingerprint density at radius 3 is 2.74 bits per heavy atom. The van der Waals surface area contributed by atoms with Gasteiger partial charge in [-0.05, 0) is 42.3 Å². The van der Waals surface area contributed by atoms with Crippen LogP contribution in [0.4, 0.5) is 0 Å². The van der Waals surface area contributed by atoms with E-state index < -0.39 is 0 Å². The number of ether oxygens (including phenoxy) is 1. The zero-order valence-corrected chi connectivity index (χ0v) is 13.4. The molecule has 0 fully saturated rings. The molecule has 1 N–H and O–H groups in total. The topological polar surface area (TPSA) is 47.0 Å². The van der Waals surface area contributed by atoms with Gasteiger partial charge in [-0.1, -0.05) is 30.7 Å². The normalized spacial score (nSPS) is 12.4. The van der Waals surface area contributed by atoms with E-state index in [9.17, 15) is 4.79 Å². The molecule has 5 heteroatoms. The summed E-state index contributed by atoms with van der Waals surface area (Å²) in [6, 6.07) is 13.4. The van der Waals surface area contributed by atoms with Gasteiger partial charge in [-0.2, -0.15) is 0 Å². The third-order valence-electron chi connectivity index (χ3n) is 4.15. The lowest BCUT2D eigenvalue weighted by Crippen LogP contribution is -2.18. The summed E-state index contributed by atoms with van der Waals surface area (Å²) < 4.78 is 7.35. The van der Waals surface area contributed by atoms with Crippen LogP contribution in [-0.2, 0) is 12.8 Å². The molecule has 0 radical (unpaired) electrons. The first-order chi connectivity index (χ1) is 11.2. The number of nitrogens with zero attached hydrogens (tertiary/aromatic N) is 1. The molecule has 0 aliphatic carbocycles. The fraction of sp³-hybridized carbons (Fsp3) is 0.167. The highest BCUT2D eigenvalue weighted by Gasteiger charge is 2.24. The molecule has 0 amide bonds. The predicted octanol–water partition coefficient (Wildman–Crippen LogP) is 4.08. The number of aromatic nitrogens is 2. The molecule has 4 nitrogen and oxygen atoms in total. The molecule has 0 spiro atoms. The van der Waals surface area contributed by atoms with E-state index in [1.807, 2.05) is 36.4 Å². The number of rotatable bonds is 2. The molecule has 4 rings (SSSR count). The maximum absolute atomic E-state index is 12.7. The maximum atomic E-state index is 12.7. The first-order valence-electron chi connectivity index (χ1n) is 7.55. The molecule has 1 aliphatic heterocycles. The molecule has 0 atom stereocenters. The number of benzene rings is 2. The van der Waals surface area contributed by atoms with Crippen molar-refractivity contribution in [3.8, 4) is 17.3 Å². The number of aryl methyl sites for hydroxylation is 1. The molecular formula is C18H15ClN2O2. The van der Waals surface area contributed by atoms with Crippen LogP contribution in [-0.4, -0.2) is 9.78 Å². The van der Waals surface area contributed by atoms with Crippen LogP contribution in [0.3, 0.4) is 0 Å². The van der Waals surface area contributed by atoms with Crippen molar-refractivity contribution in [2.75, 3.05) is 0 Å². The molecule has 23 heavy (non-hydrogen) atoms. The standard InChI is InChI=1S/C18H15ClN2O2/c1-2-11-3-6-14(7-4-11)21-18(22)15-10-12-9-13(19)5-8-16(12)23-17(15)20-21/h3-9,20H,2,10H2,1H3. The molecule has 0 saturated heterocycles. The van der Waals surface area contributed by atoms with Gasteiger partial charge in [0.2, 0.25) is 5.88 Å². The van der Waals surface area contributed by atoms with E-state index in [1.165, 1.54) is 10.2 Å². The Morgan fingerprint density at radius 2 is 2.00 bits per heavy atom. The fourth-order valence-corrected chi connectivity index (χ4v) is 3.04. The van der Waals surface area contributed by atoms with Crippen molar-refractivity contribution in [1.82, 2.24) is 9.78 Å². The van der Waals surface area contributed by atoms with Gasteiger partial charge in [0, 0.05) is 17.0 Å². The van der Waals surface area contributed by atoms with E-state index in [0.29, 0.717) is 22.9 Å². The lowest BCUT2D eigenvalue weighted by Gasteiger charge is -2.15. The second-order valence-corrected chi connectivity index (χ2v) is 6.05. The van der Waals surface area contributed by atoms with Crippen molar-refractivity contribution in [3.63, 3.8) is 0 Å². The minimum absolute atomic E-state index is 0.0881. The van der Waals surface area contributed by atoms with Gasteiger partial charge < -0.3 is 4.74 Å². The Hall–Kier alpha value is -2.46. The maximum Gasteiger partial charge on any atom is 0.278 e. The Morgan fingerprint density at radius 1 is 1.22 bits per heavy atom. The summed E-state index contributed by atoms with van der Waals surface area (Å²) in [5.41, 5.74) is 3.49. The molecule has 1 aliphatic rings. The van der Waals surface area contributed by atoms with Crippen LogP contribution in [0.1, 0.15) is 23.6 Å². The zero-order valence-electron chi connectivity index (χ0n) is 12.6. The number of halogens is 1. The number of hydrogen-bond acceptors (Lipinski definition) is 2. The van der Waals surface area contributed by atoms with Gasteiger partial charge in [-0.3, -0.25) is 9.89 Å². The zero-order chi connectivity index (χ0) is 16.0. The van der Waals surface area contributed by atoms with E-state index in [0.717, 1.165) is 23.4 Å². The Kier molecular flexibility index (Phi) is 3.27. The van der Waals surface area contributed by atoms with E-state index >= 15 is 0 Å². The number of nitrogens with one attached hydrogen (secondary N) is 1. The van der Waals surface area contributed by atoms with Crippen molar-refractivity contribution < 1.29 is 4.74 Å². The molecule has 2 aromatic carbocycles. The van der Waals surface area contributed by atoms with Gasteiger partial charge in [-0.15, -0.1) is 0 Å². The second kappa shape index (κ2) is 5.32. The van der Waals surface area contributed by atoms with Crippen molar-refractivity contribution in [1.29, 1.82) is 0 Å². The van der Waals surface area contributed by atoms with E-state index in [1.54, 1.807) is 6.07 Å². The highest BCUT2D eigenvalue weighted by Crippen LogP contribution is 2.35. The Balaban J connectivity index is 1.77. The summed E-state index contributed by atoms with van der Waals surface area (Å²) in [6.45, 7) is 2.10.